The standard InChI is InChI=1S/C15H22N2O3/c1-3-10(2)13(15(19)20)17-14(18)12-6-4-11(5-7-12)8-9-16/h4-7,10,13H,3,8-9,16H2,1-2H3,(H,17,18)(H,19,20). The highest BCUT2D eigenvalue weighted by molar-refractivity contribution is 5.96. The number of hydrogen-bond acceptors (Lipinski definition) is 3. The third-order valence-electron chi connectivity index (χ3n) is 3.41. The maximum atomic E-state index is 12.0. The Morgan fingerprint density at radius 3 is 2.35 bits per heavy atom. The molecule has 0 aliphatic rings. The van der Waals surface area contributed by atoms with Gasteiger partial charge in [0.05, 0.1) is 0 Å². The van der Waals surface area contributed by atoms with E-state index in [2.05, 4.69) is 5.32 Å². The molecule has 0 spiro atoms. The van der Waals surface area contributed by atoms with Gasteiger partial charge in [0.2, 0.25) is 0 Å². The third kappa shape index (κ3) is 4.35. The van der Waals surface area contributed by atoms with Crippen LogP contribution in [0.15, 0.2) is 24.3 Å². The molecule has 20 heavy (non-hydrogen) atoms. The molecule has 0 aliphatic carbocycles. The quantitative estimate of drug-likeness (QED) is 0.703. The van der Waals surface area contributed by atoms with Crippen LogP contribution in [0.25, 0.3) is 0 Å². The zero-order chi connectivity index (χ0) is 15.1. The first-order valence-corrected chi connectivity index (χ1v) is 6.82. The summed E-state index contributed by atoms with van der Waals surface area (Å²) in [5.74, 6) is -1.49. The maximum absolute atomic E-state index is 12.0. The Labute approximate surface area is 119 Å². The van der Waals surface area contributed by atoms with E-state index in [0.717, 1.165) is 12.0 Å². The predicted molar refractivity (Wildman–Crippen MR) is 77.5 cm³/mol. The minimum Gasteiger partial charge on any atom is -0.480 e. The fraction of sp³-hybridized carbons (Fsp3) is 0.467. The number of carbonyl (C=O) groups excluding carboxylic acids is 1. The van der Waals surface area contributed by atoms with Gasteiger partial charge in [0, 0.05) is 5.56 Å². The van der Waals surface area contributed by atoms with Crippen molar-refractivity contribution in [3.63, 3.8) is 0 Å². The summed E-state index contributed by atoms with van der Waals surface area (Å²) < 4.78 is 0. The van der Waals surface area contributed by atoms with Crippen molar-refractivity contribution in [2.24, 2.45) is 11.7 Å². The molecule has 5 heteroatoms. The first-order chi connectivity index (χ1) is 9.49. The van der Waals surface area contributed by atoms with Gasteiger partial charge in [-0.15, -0.1) is 0 Å². The van der Waals surface area contributed by atoms with E-state index >= 15 is 0 Å². The highest BCUT2D eigenvalue weighted by Gasteiger charge is 2.25. The van der Waals surface area contributed by atoms with Crippen molar-refractivity contribution in [2.45, 2.75) is 32.7 Å². The van der Waals surface area contributed by atoms with Gasteiger partial charge >= 0.3 is 5.97 Å². The number of carboxylic acid groups (broad SMARTS) is 1. The number of hydrogen-bond donors (Lipinski definition) is 3. The van der Waals surface area contributed by atoms with E-state index < -0.39 is 12.0 Å². The highest BCUT2D eigenvalue weighted by Crippen LogP contribution is 2.10. The van der Waals surface area contributed by atoms with Gasteiger partial charge in [-0.25, -0.2) is 4.79 Å². The summed E-state index contributed by atoms with van der Waals surface area (Å²) in [7, 11) is 0. The van der Waals surface area contributed by atoms with E-state index in [1.807, 2.05) is 26.0 Å². The maximum Gasteiger partial charge on any atom is 0.326 e. The number of rotatable bonds is 7. The van der Waals surface area contributed by atoms with Crippen LogP contribution in [-0.4, -0.2) is 29.6 Å². The van der Waals surface area contributed by atoms with Gasteiger partial charge in [-0.05, 0) is 36.6 Å². The number of nitrogens with one attached hydrogen (secondary N) is 1. The Bertz CT molecular complexity index is 457. The Balaban J connectivity index is 2.76. The highest BCUT2D eigenvalue weighted by atomic mass is 16.4. The predicted octanol–water partition coefficient (Wildman–Crippen LogP) is 1.42. The average Bonchev–Trinajstić information content (AvgIpc) is 2.44. The van der Waals surface area contributed by atoms with E-state index in [1.165, 1.54) is 0 Å². The molecular formula is C15H22N2O3. The van der Waals surface area contributed by atoms with Crippen LogP contribution in [0.1, 0.15) is 36.2 Å². The SMILES string of the molecule is CCC(C)C(NC(=O)c1ccc(CCN)cc1)C(=O)O. The molecule has 0 heterocycles. The molecule has 0 aliphatic heterocycles. The molecule has 5 nitrogen and oxygen atoms in total. The molecule has 0 saturated heterocycles. The van der Waals surface area contributed by atoms with E-state index in [9.17, 15) is 9.59 Å². The fourth-order valence-electron chi connectivity index (χ4n) is 1.90. The monoisotopic (exact) mass is 278 g/mol. The van der Waals surface area contributed by atoms with Crippen LogP contribution >= 0.6 is 0 Å². The Hall–Kier alpha value is -1.88. The second-order valence-corrected chi connectivity index (χ2v) is 4.91. The summed E-state index contributed by atoms with van der Waals surface area (Å²) in [5.41, 5.74) is 6.98. The number of amides is 1. The number of carbonyl (C=O) groups is 2. The Kier molecular flexibility index (Phi) is 6.18. The molecule has 4 N–H and O–H groups in total. The van der Waals surface area contributed by atoms with Crippen LogP contribution in [0.5, 0.6) is 0 Å². The fourth-order valence-corrected chi connectivity index (χ4v) is 1.90. The Morgan fingerprint density at radius 1 is 1.30 bits per heavy atom. The molecule has 0 fully saturated rings. The number of benzene rings is 1. The molecular weight excluding hydrogens is 256 g/mol. The first-order valence-electron chi connectivity index (χ1n) is 6.82. The van der Waals surface area contributed by atoms with E-state index in [0.29, 0.717) is 18.5 Å². The largest absolute Gasteiger partial charge is 0.480 e. The van der Waals surface area contributed by atoms with Crippen molar-refractivity contribution in [1.29, 1.82) is 0 Å². The van der Waals surface area contributed by atoms with Crippen molar-refractivity contribution < 1.29 is 14.7 Å². The molecule has 0 aromatic heterocycles. The smallest absolute Gasteiger partial charge is 0.326 e. The number of nitrogens with two attached hydrogens (primary N) is 1. The van der Waals surface area contributed by atoms with Crippen LogP contribution in [0.4, 0.5) is 0 Å². The van der Waals surface area contributed by atoms with E-state index in [4.69, 9.17) is 10.8 Å². The summed E-state index contributed by atoms with van der Waals surface area (Å²) in [6.07, 6.45) is 1.44. The van der Waals surface area contributed by atoms with Crippen molar-refractivity contribution in [3.05, 3.63) is 35.4 Å². The van der Waals surface area contributed by atoms with Crippen LogP contribution in [0.3, 0.4) is 0 Å². The zero-order valence-electron chi connectivity index (χ0n) is 11.9. The summed E-state index contributed by atoms with van der Waals surface area (Å²) in [6, 6.07) is 6.18. The van der Waals surface area contributed by atoms with Crippen LogP contribution in [0.2, 0.25) is 0 Å². The minimum absolute atomic E-state index is 0.118. The zero-order valence-corrected chi connectivity index (χ0v) is 11.9. The second-order valence-electron chi connectivity index (χ2n) is 4.91. The molecule has 1 rings (SSSR count). The lowest BCUT2D eigenvalue weighted by Crippen LogP contribution is -2.45. The molecule has 1 aromatic carbocycles. The second kappa shape index (κ2) is 7.65. The minimum atomic E-state index is -1.01. The molecule has 0 saturated carbocycles. The van der Waals surface area contributed by atoms with Gasteiger partial charge in [0.25, 0.3) is 5.91 Å². The normalized spacial score (nSPS) is 13.6. The summed E-state index contributed by atoms with van der Waals surface area (Å²) >= 11 is 0. The topological polar surface area (TPSA) is 92.4 Å². The molecule has 2 unspecified atom stereocenters. The molecule has 0 bridgehead atoms. The van der Waals surface area contributed by atoms with Gasteiger partial charge in [-0.1, -0.05) is 32.4 Å². The average molecular weight is 278 g/mol. The van der Waals surface area contributed by atoms with Crippen LogP contribution in [0, 0.1) is 5.92 Å². The Morgan fingerprint density at radius 2 is 1.90 bits per heavy atom. The molecule has 110 valence electrons. The number of carboxylic acids is 1. The van der Waals surface area contributed by atoms with Gasteiger partial charge in [-0.3, -0.25) is 4.79 Å². The van der Waals surface area contributed by atoms with Gasteiger partial charge < -0.3 is 16.2 Å². The summed E-state index contributed by atoms with van der Waals surface area (Å²) in [4.78, 5) is 23.2. The molecule has 1 aromatic rings. The van der Waals surface area contributed by atoms with Gasteiger partial charge in [0.1, 0.15) is 6.04 Å². The van der Waals surface area contributed by atoms with Gasteiger partial charge in [0.15, 0.2) is 0 Å². The molecule has 0 radical (unpaired) electrons. The molecule has 2 atom stereocenters. The van der Waals surface area contributed by atoms with Crippen molar-refractivity contribution in [1.82, 2.24) is 5.32 Å². The van der Waals surface area contributed by atoms with E-state index in [1.54, 1.807) is 12.1 Å². The lowest BCUT2D eigenvalue weighted by atomic mass is 9.99. The third-order valence-corrected chi connectivity index (χ3v) is 3.41. The van der Waals surface area contributed by atoms with Crippen molar-refractivity contribution in [3.8, 4) is 0 Å². The molecule has 1 amide bonds. The van der Waals surface area contributed by atoms with Crippen molar-refractivity contribution >= 4 is 11.9 Å². The van der Waals surface area contributed by atoms with E-state index in [-0.39, 0.29) is 11.8 Å². The first kappa shape index (κ1) is 16.2. The van der Waals surface area contributed by atoms with Crippen LogP contribution < -0.4 is 11.1 Å². The number of aliphatic carboxylic acids is 1. The van der Waals surface area contributed by atoms with Crippen molar-refractivity contribution in [2.75, 3.05) is 6.54 Å². The lowest BCUT2D eigenvalue weighted by Gasteiger charge is -2.20. The van der Waals surface area contributed by atoms with Gasteiger partial charge in [-0.2, -0.15) is 0 Å². The van der Waals surface area contributed by atoms with Crippen LogP contribution in [-0.2, 0) is 11.2 Å². The summed E-state index contributed by atoms with van der Waals surface area (Å²) in [6.45, 7) is 4.26. The summed E-state index contributed by atoms with van der Waals surface area (Å²) in [5, 5.41) is 11.7. The lowest BCUT2D eigenvalue weighted by molar-refractivity contribution is -0.140.